The summed E-state index contributed by atoms with van der Waals surface area (Å²) in [5, 5.41) is 2.81. The highest BCUT2D eigenvalue weighted by molar-refractivity contribution is 5.96. The number of amides is 2. The molecule has 5 nitrogen and oxygen atoms in total. The fraction of sp³-hybridized carbons (Fsp3) is 0.304. The first-order valence-corrected chi connectivity index (χ1v) is 9.50. The number of hydrogen-bond acceptors (Lipinski definition) is 3. The number of nitrogens with zero attached hydrogens (tertiary/aromatic N) is 1. The third-order valence-electron chi connectivity index (χ3n) is 4.21. The Balaban J connectivity index is 1.83. The Hall–Kier alpha value is -3.33. The first kappa shape index (κ1) is 22.0. The molecular formula is C23H25FN2O3. The van der Waals surface area contributed by atoms with Crippen molar-refractivity contribution in [1.82, 2.24) is 10.2 Å². The van der Waals surface area contributed by atoms with Crippen LogP contribution in [-0.4, -0.2) is 36.4 Å². The third kappa shape index (κ3) is 6.96. The minimum atomic E-state index is -0.328. The van der Waals surface area contributed by atoms with Gasteiger partial charge in [-0.05, 0) is 43.2 Å². The molecule has 0 saturated heterocycles. The van der Waals surface area contributed by atoms with Crippen LogP contribution in [0.5, 0.6) is 5.75 Å². The van der Waals surface area contributed by atoms with E-state index in [1.54, 1.807) is 35.2 Å². The second-order valence-corrected chi connectivity index (χ2v) is 6.37. The quantitative estimate of drug-likeness (QED) is 0.495. The average Bonchev–Trinajstić information content (AvgIpc) is 2.72. The normalized spacial score (nSPS) is 10.1. The number of carbonyl (C=O) groups excluding carboxylic acids is 2. The van der Waals surface area contributed by atoms with Gasteiger partial charge in [0, 0.05) is 19.5 Å². The number of rotatable bonds is 10. The molecule has 2 aromatic rings. The first-order valence-electron chi connectivity index (χ1n) is 9.50. The summed E-state index contributed by atoms with van der Waals surface area (Å²) in [6, 6.07) is 13.0. The van der Waals surface area contributed by atoms with Crippen LogP contribution in [-0.2, 0) is 11.3 Å². The SMILES string of the molecule is C#CCN(Cc1ccc(F)cc1)C(=O)CCCNC(=O)c1ccccc1OCC. The predicted molar refractivity (Wildman–Crippen MR) is 110 cm³/mol. The van der Waals surface area contributed by atoms with E-state index in [4.69, 9.17) is 11.2 Å². The van der Waals surface area contributed by atoms with E-state index in [-0.39, 0.29) is 30.6 Å². The Kier molecular flexibility index (Phi) is 8.71. The molecule has 0 spiro atoms. The lowest BCUT2D eigenvalue weighted by Crippen LogP contribution is -2.32. The average molecular weight is 396 g/mol. The lowest BCUT2D eigenvalue weighted by molar-refractivity contribution is -0.131. The second kappa shape index (κ2) is 11.5. The smallest absolute Gasteiger partial charge is 0.255 e. The lowest BCUT2D eigenvalue weighted by atomic mass is 10.1. The van der Waals surface area contributed by atoms with Crippen molar-refractivity contribution >= 4 is 11.8 Å². The summed E-state index contributed by atoms with van der Waals surface area (Å²) in [5.74, 6) is 2.32. The van der Waals surface area contributed by atoms with Crippen LogP contribution in [0.25, 0.3) is 0 Å². The zero-order valence-electron chi connectivity index (χ0n) is 16.5. The van der Waals surface area contributed by atoms with Gasteiger partial charge in [-0.3, -0.25) is 9.59 Å². The second-order valence-electron chi connectivity index (χ2n) is 6.37. The van der Waals surface area contributed by atoms with Crippen LogP contribution in [0.2, 0.25) is 0 Å². The molecule has 0 fully saturated rings. The Morgan fingerprint density at radius 3 is 2.59 bits per heavy atom. The number of carbonyl (C=O) groups is 2. The number of hydrogen-bond donors (Lipinski definition) is 1. The predicted octanol–water partition coefficient (Wildman–Crippen LogP) is 3.40. The maximum Gasteiger partial charge on any atom is 0.255 e. The van der Waals surface area contributed by atoms with Crippen molar-refractivity contribution in [1.29, 1.82) is 0 Å². The largest absolute Gasteiger partial charge is 0.493 e. The Morgan fingerprint density at radius 2 is 1.90 bits per heavy atom. The highest BCUT2D eigenvalue weighted by atomic mass is 19.1. The molecule has 0 bridgehead atoms. The molecular weight excluding hydrogens is 371 g/mol. The van der Waals surface area contributed by atoms with Crippen LogP contribution in [0.4, 0.5) is 4.39 Å². The zero-order chi connectivity index (χ0) is 21.1. The van der Waals surface area contributed by atoms with Gasteiger partial charge >= 0.3 is 0 Å². The monoisotopic (exact) mass is 396 g/mol. The van der Waals surface area contributed by atoms with Crippen molar-refractivity contribution in [3.63, 3.8) is 0 Å². The molecule has 2 amide bonds. The molecule has 0 aliphatic carbocycles. The highest BCUT2D eigenvalue weighted by Gasteiger charge is 2.14. The summed E-state index contributed by atoms with van der Waals surface area (Å²) < 4.78 is 18.5. The molecule has 152 valence electrons. The molecule has 0 aliphatic heterocycles. The number of ether oxygens (including phenoxy) is 1. The van der Waals surface area contributed by atoms with Gasteiger partial charge in [0.25, 0.3) is 5.91 Å². The number of halogens is 1. The van der Waals surface area contributed by atoms with Crippen LogP contribution < -0.4 is 10.1 Å². The summed E-state index contributed by atoms with van der Waals surface area (Å²) >= 11 is 0. The molecule has 29 heavy (non-hydrogen) atoms. The van der Waals surface area contributed by atoms with Gasteiger partial charge in [-0.15, -0.1) is 6.42 Å². The lowest BCUT2D eigenvalue weighted by Gasteiger charge is -2.20. The van der Waals surface area contributed by atoms with E-state index in [2.05, 4.69) is 11.2 Å². The molecule has 0 radical (unpaired) electrons. The van der Waals surface area contributed by atoms with Crippen molar-refractivity contribution in [2.45, 2.75) is 26.3 Å². The van der Waals surface area contributed by atoms with Gasteiger partial charge in [0.2, 0.25) is 5.91 Å². The van der Waals surface area contributed by atoms with E-state index in [0.29, 0.717) is 37.4 Å². The number of terminal acetylenes is 1. The fourth-order valence-corrected chi connectivity index (χ4v) is 2.78. The molecule has 6 heteroatoms. The maximum absolute atomic E-state index is 13.0. The minimum Gasteiger partial charge on any atom is -0.493 e. The van der Waals surface area contributed by atoms with Gasteiger partial charge in [-0.1, -0.05) is 30.2 Å². The topological polar surface area (TPSA) is 58.6 Å². The fourth-order valence-electron chi connectivity index (χ4n) is 2.78. The first-order chi connectivity index (χ1) is 14.0. The van der Waals surface area contributed by atoms with Crippen LogP contribution in [0.15, 0.2) is 48.5 Å². The van der Waals surface area contributed by atoms with Gasteiger partial charge in [-0.2, -0.15) is 0 Å². The Morgan fingerprint density at radius 1 is 1.17 bits per heavy atom. The number of nitrogens with one attached hydrogen (secondary N) is 1. The van der Waals surface area contributed by atoms with E-state index < -0.39 is 0 Å². The van der Waals surface area contributed by atoms with Gasteiger partial charge in [-0.25, -0.2) is 4.39 Å². The summed E-state index contributed by atoms with van der Waals surface area (Å²) in [4.78, 5) is 26.4. The summed E-state index contributed by atoms with van der Waals surface area (Å²) in [7, 11) is 0. The molecule has 0 aliphatic rings. The molecule has 0 saturated carbocycles. The summed E-state index contributed by atoms with van der Waals surface area (Å²) in [6.45, 7) is 3.17. The summed E-state index contributed by atoms with van der Waals surface area (Å²) in [6.07, 6.45) is 6.09. The van der Waals surface area contributed by atoms with Gasteiger partial charge in [0.1, 0.15) is 11.6 Å². The van der Waals surface area contributed by atoms with Gasteiger partial charge < -0.3 is 15.0 Å². The van der Waals surface area contributed by atoms with Crippen molar-refractivity contribution < 1.29 is 18.7 Å². The van der Waals surface area contributed by atoms with Crippen LogP contribution >= 0.6 is 0 Å². The van der Waals surface area contributed by atoms with Gasteiger partial charge in [0.15, 0.2) is 0 Å². The molecule has 0 aromatic heterocycles. The van der Waals surface area contributed by atoms with Crippen LogP contribution in [0, 0.1) is 18.2 Å². The molecule has 1 N–H and O–H groups in total. The minimum absolute atomic E-state index is 0.115. The molecule has 2 rings (SSSR count). The van der Waals surface area contributed by atoms with Gasteiger partial charge in [0.05, 0.1) is 18.7 Å². The number of para-hydroxylation sites is 1. The van der Waals surface area contributed by atoms with Crippen molar-refractivity contribution in [3.8, 4) is 18.1 Å². The highest BCUT2D eigenvalue weighted by Crippen LogP contribution is 2.17. The van der Waals surface area contributed by atoms with Crippen LogP contribution in [0.3, 0.4) is 0 Å². The Labute approximate surface area is 170 Å². The molecule has 0 heterocycles. The van der Waals surface area contributed by atoms with E-state index in [0.717, 1.165) is 5.56 Å². The van der Waals surface area contributed by atoms with Crippen molar-refractivity contribution in [2.75, 3.05) is 19.7 Å². The molecule has 0 atom stereocenters. The summed E-state index contributed by atoms with van der Waals surface area (Å²) in [5.41, 5.74) is 1.27. The van der Waals surface area contributed by atoms with Crippen molar-refractivity contribution in [3.05, 3.63) is 65.5 Å². The van der Waals surface area contributed by atoms with E-state index >= 15 is 0 Å². The maximum atomic E-state index is 13.0. The van der Waals surface area contributed by atoms with E-state index in [1.165, 1.54) is 12.1 Å². The Bertz CT molecular complexity index is 859. The number of benzene rings is 2. The zero-order valence-corrected chi connectivity index (χ0v) is 16.5. The molecule has 2 aromatic carbocycles. The van der Waals surface area contributed by atoms with Crippen molar-refractivity contribution in [2.24, 2.45) is 0 Å². The van der Waals surface area contributed by atoms with E-state index in [1.807, 2.05) is 13.0 Å². The van der Waals surface area contributed by atoms with Crippen LogP contribution in [0.1, 0.15) is 35.7 Å². The van der Waals surface area contributed by atoms with E-state index in [9.17, 15) is 14.0 Å². The standard InChI is InChI=1S/C23H25FN2O3/c1-3-16-26(17-18-11-13-19(24)14-12-18)22(27)10-7-15-25-23(28)20-8-5-6-9-21(20)29-4-2/h1,5-6,8-9,11-14H,4,7,10,15-17H2,2H3,(H,25,28). The third-order valence-corrected chi connectivity index (χ3v) is 4.21. The molecule has 0 unspecified atom stereocenters.